The first-order valence-electron chi connectivity index (χ1n) is 7.76. The molecule has 0 radical (unpaired) electrons. The van der Waals surface area contributed by atoms with Crippen molar-refractivity contribution in [3.05, 3.63) is 22.3 Å². The maximum atomic E-state index is 12.3. The van der Waals surface area contributed by atoms with Crippen molar-refractivity contribution in [1.29, 1.82) is 0 Å². The summed E-state index contributed by atoms with van der Waals surface area (Å²) < 4.78 is 32.5. The number of ether oxygens (including phenoxy) is 1. The fourth-order valence-electron chi connectivity index (χ4n) is 2.41. The van der Waals surface area contributed by atoms with Crippen LogP contribution in [-0.4, -0.2) is 62.3 Å². The van der Waals surface area contributed by atoms with Gasteiger partial charge in [-0.3, -0.25) is 0 Å². The highest BCUT2D eigenvalue weighted by atomic mass is 79.9. The molecule has 23 heavy (non-hydrogen) atoms. The van der Waals surface area contributed by atoms with Gasteiger partial charge in [-0.25, -0.2) is 13.4 Å². The summed E-state index contributed by atoms with van der Waals surface area (Å²) in [5.41, 5.74) is 1.12. The number of aryl methyl sites for hydroxylation is 1. The molecule has 1 aromatic rings. The van der Waals surface area contributed by atoms with Crippen LogP contribution < -0.4 is 4.90 Å². The number of sulfonamides is 1. The normalized spacial score (nSPS) is 17.0. The number of rotatable bonds is 6. The van der Waals surface area contributed by atoms with E-state index in [1.54, 1.807) is 10.5 Å². The zero-order valence-corrected chi connectivity index (χ0v) is 16.2. The summed E-state index contributed by atoms with van der Waals surface area (Å²) in [7, 11) is -3.25. The van der Waals surface area contributed by atoms with E-state index in [1.807, 2.05) is 26.8 Å². The molecule has 2 heterocycles. The molecule has 0 aromatic carbocycles. The molecule has 0 unspecified atom stereocenters. The summed E-state index contributed by atoms with van der Waals surface area (Å²) >= 11 is 3.44. The molecule has 6 nitrogen and oxygen atoms in total. The van der Waals surface area contributed by atoms with Crippen LogP contribution in [0.3, 0.4) is 0 Å². The summed E-state index contributed by atoms with van der Waals surface area (Å²) in [5.74, 6) is 0.937. The molecule has 1 saturated heterocycles. The van der Waals surface area contributed by atoms with Crippen LogP contribution in [0.25, 0.3) is 0 Å². The fourth-order valence-corrected chi connectivity index (χ4v) is 3.91. The van der Waals surface area contributed by atoms with E-state index in [0.29, 0.717) is 26.2 Å². The molecule has 1 aromatic heterocycles. The number of anilines is 1. The molecular weight excluding hydrogens is 382 g/mol. The molecule has 0 saturated carbocycles. The van der Waals surface area contributed by atoms with Crippen LogP contribution in [0.4, 0.5) is 5.82 Å². The maximum absolute atomic E-state index is 12.3. The minimum Gasteiger partial charge on any atom is -0.378 e. The molecule has 0 N–H and O–H groups in total. The molecule has 0 atom stereocenters. The molecule has 1 fully saturated rings. The smallest absolute Gasteiger partial charge is 0.216 e. The fraction of sp³-hybridized carbons (Fsp3) is 0.667. The van der Waals surface area contributed by atoms with Crippen LogP contribution in [0.15, 0.2) is 16.7 Å². The Hall–Kier alpha value is -0.700. The highest BCUT2D eigenvalue weighted by Gasteiger charge is 2.27. The topological polar surface area (TPSA) is 62.7 Å². The van der Waals surface area contributed by atoms with Gasteiger partial charge in [0, 0.05) is 36.8 Å². The van der Waals surface area contributed by atoms with Crippen LogP contribution in [0, 0.1) is 6.92 Å². The molecule has 1 aliphatic rings. The van der Waals surface area contributed by atoms with Crippen molar-refractivity contribution < 1.29 is 13.2 Å². The van der Waals surface area contributed by atoms with E-state index in [1.165, 1.54) is 0 Å². The van der Waals surface area contributed by atoms with Crippen molar-refractivity contribution in [2.75, 3.05) is 43.4 Å². The van der Waals surface area contributed by atoms with E-state index in [2.05, 4.69) is 25.8 Å². The first-order chi connectivity index (χ1) is 10.8. The third-order valence-corrected chi connectivity index (χ3v) is 6.45. The third kappa shape index (κ3) is 5.14. The number of aromatic nitrogens is 1. The second-order valence-corrected chi connectivity index (χ2v) is 8.86. The van der Waals surface area contributed by atoms with Gasteiger partial charge in [0.2, 0.25) is 10.0 Å². The van der Waals surface area contributed by atoms with Crippen molar-refractivity contribution in [3.63, 3.8) is 0 Å². The quantitative estimate of drug-likeness (QED) is 0.724. The SMILES string of the molecule is Cc1cc(N2CCN(S(=O)(=O)CCOC(C)C)CC2)ncc1Br. The Kier molecular flexibility index (Phi) is 6.41. The zero-order chi connectivity index (χ0) is 17.0. The van der Waals surface area contributed by atoms with Gasteiger partial charge in [0.15, 0.2) is 0 Å². The Balaban J connectivity index is 1.91. The third-order valence-electron chi connectivity index (χ3n) is 3.78. The predicted octanol–water partition coefficient (Wildman–Crippen LogP) is 2.03. The summed E-state index contributed by atoms with van der Waals surface area (Å²) in [4.78, 5) is 6.53. The first-order valence-corrected chi connectivity index (χ1v) is 10.2. The molecule has 8 heteroatoms. The Morgan fingerprint density at radius 3 is 2.52 bits per heavy atom. The minimum atomic E-state index is -3.25. The summed E-state index contributed by atoms with van der Waals surface area (Å²) in [6.07, 6.45) is 1.84. The van der Waals surface area contributed by atoms with Crippen LogP contribution in [-0.2, 0) is 14.8 Å². The van der Waals surface area contributed by atoms with Crippen molar-refractivity contribution in [2.24, 2.45) is 0 Å². The lowest BCUT2D eigenvalue weighted by molar-refractivity contribution is 0.0906. The summed E-state index contributed by atoms with van der Waals surface area (Å²) in [5, 5.41) is 0. The molecule has 0 amide bonds. The minimum absolute atomic E-state index is 0.0425. The molecule has 0 bridgehead atoms. The largest absolute Gasteiger partial charge is 0.378 e. The highest BCUT2D eigenvalue weighted by molar-refractivity contribution is 9.10. The zero-order valence-electron chi connectivity index (χ0n) is 13.8. The van der Waals surface area contributed by atoms with Gasteiger partial charge >= 0.3 is 0 Å². The monoisotopic (exact) mass is 405 g/mol. The summed E-state index contributed by atoms with van der Waals surface area (Å²) in [6.45, 7) is 8.34. The Bertz CT molecular complexity index is 629. The van der Waals surface area contributed by atoms with E-state index in [9.17, 15) is 8.42 Å². The van der Waals surface area contributed by atoms with Gasteiger partial charge in [0.05, 0.1) is 18.5 Å². The van der Waals surface area contributed by atoms with E-state index < -0.39 is 10.0 Å². The number of halogens is 1. The summed E-state index contributed by atoms with van der Waals surface area (Å²) in [6, 6.07) is 2.02. The number of hydrogen-bond acceptors (Lipinski definition) is 5. The Labute approximate surface area is 147 Å². The van der Waals surface area contributed by atoms with Crippen LogP contribution in [0.1, 0.15) is 19.4 Å². The number of pyridine rings is 1. The average Bonchev–Trinajstić information content (AvgIpc) is 2.49. The van der Waals surface area contributed by atoms with E-state index in [-0.39, 0.29) is 18.5 Å². The van der Waals surface area contributed by atoms with E-state index in [4.69, 9.17) is 4.74 Å². The Morgan fingerprint density at radius 2 is 1.96 bits per heavy atom. The average molecular weight is 406 g/mol. The lowest BCUT2D eigenvalue weighted by Crippen LogP contribution is -2.49. The van der Waals surface area contributed by atoms with Gasteiger partial charge < -0.3 is 9.64 Å². The second-order valence-electron chi connectivity index (χ2n) is 5.91. The van der Waals surface area contributed by atoms with Gasteiger partial charge in [-0.2, -0.15) is 4.31 Å². The molecule has 0 aliphatic carbocycles. The predicted molar refractivity (Wildman–Crippen MR) is 95.3 cm³/mol. The molecule has 130 valence electrons. The molecule has 0 spiro atoms. The molecule has 2 rings (SSSR count). The van der Waals surface area contributed by atoms with Gasteiger partial charge in [0.25, 0.3) is 0 Å². The lowest BCUT2D eigenvalue weighted by atomic mass is 10.2. The van der Waals surface area contributed by atoms with Crippen LogP contribution in [0.2, 0.25) is 0 Å². The van der Waals surface area contributed by atoms with Gasteiger partial charge in [-0.05, 0) is 48.3 Å². The van der Waals surface area contributed by atoms with Crippen molar-refractivity contribution in [1.82, 2.24) is 9.29 Å². The van der Waals surface area contributed by atoms with E-state index in [0.717, 1.165) is 15.9 Å². The number of nitrogens with zero attached hydrogens (tertiary/aromatic N) is 3. The van der Waals surface area contributed by atoms with Crippen LogP contribution in [0.5, 0.6) is 0 Å². The first kappa shape index (κ1) is 18.6. The second kappa shape index (κ2) is 7.92. The van der Waals surface area contributed by atoms with Gasteiger partial charge in [0.1, 0.15) is 5.82 Å². The standard InChI is InChI=1S/C15H24BrN3O3S/c1-12(2)22-8-9-23(20,21)19-6-4-18(5-7-19)15-10-13(3)14(16)11-17-15/h10-12H,4-9H2,1-3H3. The van der Waals surface area contributed by atoms with Gasteiger partial charge in [-0.1, -0.05) is 0 Å². The Morgan fingerprint density at radius 1 is 1.30 bits per heavy atom. The number of piperazine rings is 1. The lowest BCUT2D eigenvalue weighted by Gasteiger charge is -2.34. The molecule has 1 aliphatic heterocycles. The van der Waals surface area contributed by atoms with Crippen molar-refractivity contribution in [3.8, 4) is 0 Å². The number of hydrogen-bond donors (Lipinski definition) is 0. The highest BCUT2D eigenvalue weighted by Crippen LogP contribution is 2.21. The van der Waals surface area contributed by atoms with E-state index >= 15 is 0 Å². The maximum Gasteiger partial charge on any atom is 0.216 e. The van der Waals surface area contributed by atoms with Crippen molar-refractivity contribution >= 4 is 31.8 Å². The van der Waals surface area contributed by atoms with Crippen LogP contribution >= 0.6 is 15.9 Å². The van der Waals surface area contributed by atoms with Crippen molar-refractivity contribution in [2.45, 2.75) is 26.9 Å². The van der Waals surface area contributed by atoms with Gasteiger partial charge in [-0.15, -0.1) is 0 Å². The molecular formula is C15H24BrN3O3S.